The highest BCUT2D eigenvalue weighted by atomic mass is 15.4. The molecule has 0 atom stereocenters. The minimum Gasteiger partial charge on any atom is -0.264 e. The van der Waals surface area contributed by atoms with Gasteiger partial charge in [-0.05, 0) is 26.0 Å². The SMILES string of the molecule is CC(C)n1nnc(C#N)c1-c1cccnc1. The van der Waals surface area contributed by atoms with Crippen molar-refractivity contribution < 1.29 is 0 Å². The van der Waals surface area contributed by atoms with E-state index in [2.05, 4.69) is 15.3 Å². The molecular weight excluding hydrogens is 202 g/mol. The van der Waals surface area contributed by atoms with Gasteiger partial charge < -0.3 is 0 Å². The van der Waals surface area contributed by atoms with Crippen molar-refractivity contribution in [2.45, 2.75) is 19.9 Å². The zero-order valence-electron chi connectivity index (χ0n) is 9.12. The average Bonchev–Trinajstić information content (AvgIpc) is 2.73. The Kier molecular flexibility index (Phi) is 2.64. The van der Waals surface area contributed by atoms with Crippen LogP contribution in [0.15, 0.2) is 24.5 Å². The zero-order valence-corrected chi connectivity index (χ0v) is 9.12. The van der Waals surface area contributed by atoms with Crippen molar-refractivity contribution in [3.63, 3.8) is 0 Å². The third-order valence-corrected chi connectivity index (χ3v) is 2.22. The minimum atomic E-state index is 0.157. The fourth-order valence-electron chi connectivity index (χ4n) is 1.50. The predicted molar refractivity (Wildman–Crippen MR) is 58.4 cm³/mol. The van der Waals surface area contributed by atoms with Crippen molar-refractivity contribution in [2.75, 3.05) is 0 Å². The van der Waals surface area contributed by atoms with Gasteiger partial charge >= 0.3 is 0 Å². The van der Waals surface area contributed by atoms with Gasteiger partial charge in [-0.25, -0.2) is 4.68 Å². The first kappa shape index (κ1) is 10.3. The molecule has 2 aromatic rings. The number of aromatic nitrogens is 4. The Balaban J connectivity index is 2.63. The van der Waals surface area contributed by atoms with Crippen molar-refractivity contribution in [3.05, 3.63) is 30.2 Å². The summed E-state index contributed by atoms with van der Waals surface area (Å²) in [6, 6.07) is 5.93. The fraction of sp³-hybridized carbons (Fsp3) is 0.273. The Morgan fingerprint density at radius 3 is 2.81 bits per heavy atom. The summed E-state index contributed by atoms with van der Waals surface area (Å²) in [7, 11) is 0. The number of nitrogens with zero attached hydrogens (tertiary/aromatic N) is 5. The molecular formula is C11H11N5. The maximum atomic E-state index is 8.99. The van der Waals surface area contributed by atoms with Crippen molar-refractivity contribution >= 4 is 0 Å². The third kappa shape index (κ3) is 1.65. The molecule has 0 fully saturated rings. The monoisotopic (exact) mass is 213 g/mol. The van der Waals surface area contributed by atoms with Crippen molar-refractivity contribution in [1.82, 2.24) is 20.0 Å². The Labute approximate surface area is 93.4 Å². The van der Waals surface area contributed by atoms with Crippen LogP contribution in [0.3, 0.4) is 0 Å². The molecule has 0 amide bonds. The largest absolute Gasteiger partial charge is 0.264 e. The molecule has 0 aliphatic heterocycles. The van der Waals surface area contributed by atoms with Crippen LogP contribution in [0.2, 0.25) is 0 Å². The first-order chi connectivity index (χ1) is 7.74. The number of hydrogen-bond acceptors (Lipinski definition) is 4. The van der Waals surface area contributed by atoms with Gasteiger partial charge in [0, 0.05) is 24.0 Å². The van der Waals surface area contributed by atoms with Gasteiger partial charge in [-0.3, -0.25) is 4.98 Å². The molecule has 0 aliphatic rings. The molecule has 2 rings (SSSR count). The zero-order chi connectivity index (χ0) is 11.5. The lowest BCUT2D eigenvalue weighted by atomic mass is 10.1. The second-order valence-corrected chi connectivity index (χ2v) is 3.68. The Morgan fingerprint density at radius 2 is 2.25 bits per heavy atom. The van der Waals surface area contributed by atoms with E-state index in [-0.39, 0.29) is 6.04 Å². The number of nitriles is 1. The summed E-state index contributed by atoms with van der Waals surface area (Å²) in [4.78, 5) is 4.04. The van der Waals surface area contributed by atoms with Crippen LogP contribution >= 0.6 is 0 Å². The summed E-state index contributed by atoms with van der Waals surface area (Å²) in [6.07, 6.45) is 3.40. The highest BCUT2D eigenvalue weighted by Crippen LogP contribution is 2.23. The topological polar surface area (TPSA) is 67.4 Å². The van der Waals surface area contributed by atoms with Crippen LogP contribution in [0.25, 0.3) is 11.3 Å². The molecule has 2 aromatic heterocycles. The maximum absolute atomic E-state index is 8.99. The number of hydrogen-bond donors (Lipinski definition) is 0. The molecule has 0 saturated heterocycles. The Bertz CT molecular complexity index is 521. The second-order valence-electron chi connectivity index (χ2n) is 3.68. The second kappa shape index (κ2) is 4.11. The molecule has 0 spiro atoms. The lowest BCUT2D eigenvalue weighted by Crippen LogP contribution is -2.05. The summed E-state index contributed by atoms with van der Waals surface area (Å²) in [6.45, 7) is 3.99. The van der Waals surface area contributed by atoms with Gasteiger partial charge in [-0.15, -0.1) is 5.10 Å². The molecule has 5 heteroatoms. The summed E-state index contributed by atoms with van der Waals surface area (Å²) >= 11 is 0. The quantitative estimate of drug-likeness (QED) is 0.762. The highest BCUT2D eigenvalue weighted by Gasteiger charge is 2.16. The van der Waals surface area contributed by atoms with Gasteiger partial charge in [-0.1, -0.05) is 5.21 Å². The first-order valence-electron chi connectivity index (χ1n) is 4.99. The van der Waals surface area contributed by atoms with Gasteiger partial charge in [0.2, 0.25) is 0 Å². The Morgan fingerprint density at radius 1 is 1.44 bits per heavy atom. The van der Waals surface area contributed by atoms with E-state index in [0.29, 0.717) is 5.69 Å². The smallest absolute Gasteiger partial charge is 0.190 e. The average molecular weight is 213 g/mol. The van der Waals surface area contributed by atoms with E-state index >= 15 is 0 Å². The standard InChI is InChI=1S/C11H11N5/c1-8(2)16-11(10(6-12)14-15-16)9-4-3-5-13-7-9/h3-5,7-8H,1-2H3. The molecule has 2 heterocycles. The van der Waals surface area contributed by atoms with Crippen LogP contribution in [0.1, 0.15) is 25.6 Å². The van der Waals surface area contributed by atoms with Crippen molar-refractivity contribution in [1.29, 1.82) is 5.26 Å². The summed E-state index contributed by atoms with van der Waals surface area (Å²) in [5.74, 6) is 0. The van der Waals surface area contributed by atoms with Gasteiger partial charge in [0.1, 0.15) is 11.8 Å². The first-order valence-corrected chi connectivity index (χ1v) is 4.99. The molecule has 0 radical (unpaired) electrons. The summed E-state index contributed by atoms with van der Waals surface area (Å²) in [5.41, 5.74) is 1.92. The normalized spacial score (nSPS) is 10.4. The van der Waals surface area contributed by atoms with E-state index in [1.54, 1.807) is 17.1 Å². The molecule has 0 unspecified atom stereocenters. The van der Waals surface area contributed by atoms with E-state index in [1.807, 2.05) is 32.0 Å². The predicted octanol–water partition coefficient (Wildman–Crippen LogP) is 1.79. The van der Waals surface area contributed by atoms with Crippen LogP contribution < -0.4 is 0 Å². The van der Waals surface area contributed by atoms with Crippen LogP contribution in [0.5, 0.6) is 0 Å². The summed E-state index contributed by atoms with van der Waals surface area (Å²) in [5, 5.41) is 16.8. The molecule has 0 aromatic carbocycles. The lowest BCUT2D eigenvalue weighted by Gasteiger charge is -2.09. The highest BCUT2D eigenvalue weighted by molar-refractivity contribution is 5.63. The van der Waals surface area contributed by atoms with E-state index in [4.69, 9.17) is 5.26 Å². The van der Waals surface area contributed by atoms with Crippen LogP contribution in [-0.2, 0) is 0 Å². The Hall–Kier alpha value is -2.22. The third-order valence-electron chi connectivity index (χ3n) is 2.22. The molecule has 0 bridgehead atoms. The van der Waals surface area contributed by atoms with Gasteiger partial charge in [0.05, 0.1) is 0 Å². The molecule has 0 aliphatic carbocycles. The van der Waals surface area contributed by atoms with Gasteiger partial charge in [0.25, 0.3) is 0 Å². The van der Waals surface area contributed by atoms with E-state index in [1.165, 1.54) is 0 Å². The molecule has 80 valence electrons. The van der Waals surface area contributed by atoms with E-state index in [0.717, 1.165) is 11.3 Å². The number of rotatable bonds is 2. The maximum Gasteiger partial charge on any atom is 0.190 e. The molecule has 0 N–H and O–H groups in total. The number of pyridine rings is 1. The van der Waals surface area contributed by atoms with Crippen LogP contribution in [0, 0.1) is 11.3 Å². The van der Waals surface area contributed by atoms with Crippen molar-refractivity contribution in [2.24, 2.45) is 0 Å². The summed E-state index contributed by atoms with van der Waals surface area (Å²) < 4.78 is 1.73. The van der Waals surface area contributed by atoms with E-state index in [9.17, 15) is 0 Å². The lowest BCUT2D eigenvalue weighted by molar-refractivity contribution is 0.519. The van der Waals surface area contributed by atoms with Crippen LogP contribution in [0.4, 0.5) is 0 Å². The fourth-order valence-corrected chi connectivity index (χ4v) is 1.50. The molecule has 16 heavy (non-hydrogen) atoms. The van der Waals surface area contributed by atoms with Gasteiger partial charge in [-0.2, -0.15) is 5.26 Å². The van der Waals surface area contributed by atoms with Gasteiger partial charge in [0.15, 0.2) is 5.69 Å². The van der Waals surface area contributed by atoms with Crippen LogP contribution in [-0.4, -0.2) is 20.0 Å². The minimum absolute atomic E-state index is 0.157. The molecule has 0 saturated carbocycles. The van der Waals surface area contributed by atoms with Crippen molar-refractivity contribution in [3.8, 4) is 17.3 Å². The molecule has 5 nitrogen and oxygen atoms in total. The van der Waals surface area contributed by atoms with E-state index < -0.39 is 0 Å².